The molecular weight excluding hydrogens is 208 g/mol. The fraction of sp³-hybridized carbons (Fsp3) is 0.818. The van der Waals surface area contributed by atoms with Gasteiger partial charge in [-0.05, 0) is 19.4 Å². The Morgan fingerprint density at radius 2 is 2.19 bits per heavy atom. The molecule has 0 bridgehead atoms. The molecular formula is C11H20N2O3. The van der Waals surface area contributed by atoms with Gasteiger partial charge in [-0.25, -0.2) is 0 Å². The number of piperidine rings is 1. The summed E-state index contributed by atoms with van der Waals surface area (Å²) in [6.07, 6.45) is 3.86. The van der Waals surface area contributed by atoms with Crippen molar-refractivity contribution in [3.8, 4) is 0 Å². The SMILES string of the molecule is CNC(=O)C[C@@H]1CCCCN1CCC(=O)O. The zero-order valence-corrected chi connectivity index (χ0v) is 9.74. The number of carbonyl (C=O) groups excluding carboxylic acids is 1. The number of nitrogens with zero attached hydrogens (tertiary/aromatic N) is 1. The van der Waals surface area contributed by atoms with Crippen LogP contribution in [-0.2, 0) is 9.59 Å². The highest BCUT2D eigenvalue weighted by Gasteiger charge is 2.24. The molecule has 92 valence electrons. The first-order valence-corrected chi connectivity index (χ1v) is 5.80. The van der Waals surface area contributed by atoms with Crippen molar-refractivity contribution in [1.29, 1.82) is 0 Å². The monoisotopic (exact) mass is 228 g/mol. The molecule has 0 saturated carbocycles. The minimum absolute atomic E-state index is 0.0345. The number of hydrogen-bond donors (Lipinski definition) is 2. The van der Waals surface area contributed by atoms with E-state index in [2.05, 4.69) is 10.2 Å². The molecule has 1 aliphatic rings. The van der Waals surface area contributed by atoms with E-state index in [9.17, 15) is 9.59 Å². The van der Waals surface area contributed by atoms with Crippen LogP contribution < -0.4 is 5.32 Å². The Labute approximate surface area is 95.8 Å². The van der Waals surface area contributed by atoms with Crippen molar-refractivity contribution in [2.24, 2.45) is 0 Å². The molecule has 0 aromatic heterocycles. The summed E-state index contributed by atoms with van der Waals surface area (Å²) in [5.41, 5.74) is 0. The zero-order chi connectivity index (χ0) is 12.0. The third-order valence-electron chi connectivity index (χ3n) is 3.06. The zero-order valence-electron chi connectivity index (χ0n) is 9.74. The van der Waals surface area contributed by atoms with Gasteiger partial charge >= 0.3 is 5.97 Å². The fourth-order valence-electron chi connectivity index (χ4n) is 2.14. The second-order valence-electron chi connectivity index (χ2n) is 4.21. The summed E-state index contributed by atoms with van der Waals surface area (Å²) in [5, 5.41) is 11.3. The van der Waals surface area contributed by atoms with Crippen LogP contribution in [0.5, 0.6) is 0 Å². The van der Waals surface area contributed by atoms with E-state index in [-0.39, 0.29) is 18.4 Å². The van der Waals surface area contributed by atoms with Gasteiger partial charge in [0.15, 0.2) is 0 Å². The van der Waals surface area contributed by atoms with Gasteiger partial charge in [0.05, 0.1) is 6.42 Å². The molecule has 0 unspecified atom stereocenters. The first kappa shape index (κ1) is 13.0. The molecule has 1 amide bonds. The van der Waals surface area contributed by atoms with Crippen LogP contribution in [-0.4, -0.2) is 48.1 Å². The molecule has 5 nitrogen and oxygen atoms in total. The van der Waals surface area contributed by atoms with Crippen LogP contribution in [0.2, 0.25) is 0 Å². The quantitative estimate of drug-likeness (QED) is 0.717. The van der Waals surface area contributed by atoms with Crippen molar-refractivity contribution in [1.82, 2.24) is 10.2 Å². The number of hydrogen-bond acceptors (Lipinski definition) is 3. The number of nitrogens with one attached hydrogen (secondary N) is 1. The van der Waals surface area contributed by atoms with Crippen molar-refractivity contribution in [2.75, 3.05) is 20.1 Å². The maximum atomic E-state index is 11.3. The topological polar surface area (TPSA) is 69.6 Å². The Morgan fingerprint density at radius 1 is 1.44 bits per heavy atom. The molecule has 1 heterocycles. The highest BCUT2D eigenvalue weighted by atomic mass is 16.4. The van der Waals surface area contributed by atoms with E-state index in [1.807, 2.05) is 0 Å². The predicted molar refractivity (Wildman–Crippen MR) is 60.1 cm³/mol. The van der Waals surface area contributed by atoms with Gasteiger partial charge in [0.2, 0.25) is 5.91 Å². The molecule has 0 aliphatic carbocycles. The molecule has 1 saturated heterocycles. The Kier molecular flexibility index (Phi) is 5.25. The molecule has 1 fully saturated rings. The van der Waals surface area contributed by atoms with Crippen LogP contribution in [0.4, 0.5) is 0 Å². The van der Waals surface area contributed by atoms with E-state index in [4.69, 9.17) is 5.11 Å². The summed E-state index contributed by atoms with van der Waals surface area (Å²) in [4.78, 5) is 24.0. The maximum Gasteiger partial charge on any atom is 0.304 e. The van der Waals surface area contributed by atoms with E-state index in [1.54, 1.807) is 7.05 Å². The number of rotatable bonds is 5. The molecule has 0 aromatic carbocycles. The van der Waals surface area contributed by atoms with E-state index in [1.165, 1.54) is 0 Å². The van der Waals surface area contributed by atoms with Crippen LogP contribution >= 0.6 is 0 Å². The van der Waals surface area contributed by atoms with E-state index in [0.29, 0.717) is 13.0 Å². The van der Waals surface area contributed by atoms with Gasteiger partial charge in [0.25, 0.3) is 0 Å². The van der Waals surface area contributed by atoms with Gasteiger partial charge in [-0.2, -0.15) is 0 Å². The molecule has 1 aliphatic heterocycles. The minimum Gasteiger partial charge on any atom is -0.481 e. The summed E-state index contributed by atoms with van der Waals surface area (Å²) in [5.74, 6) is -0.739. The first-order chi connectivity index (χ1) is 7.63. The number of carboxylic acids is 1. The summed E-state index contributed by atoms with van der Waals surface area (Å²) in [6.45, 7) is 1.46. The average Bonchev–Trinajstić information content (AvgIpc) is 2.27. The third-order valence-corrected chi connectivity index (χ3v) is 3.06. The molecule has 16 heavy (non-hydrogen) atoms. The van der Waals surface area contributed by atoms with E-state index >= 15 is 0 Å². The normalized spacial score (nSPS) is 21.7. The van der Waals surface area contributed by atoms with Crippen molar-refractivity contribution in [3.63, 3.8) is 0 Å². The van der Waals surface area contributed by atoms with Gasteiger partial charge < -0.3 is 10.4 Å². The Hall–Kier alpha value is -1.10. The molecule has 0 radical (unpaired) electrons. The summed E-state index contributed by atoms with van der Waals surface area (Å²) in [6, 6.07) is 0.216. The first-order valence-electron chi connectivity index (χ1n) is 5.80. The Balaban J connectivity index is 2.43. The minimum atomic E-state index is -0.774. The van der Waals surface area contributed by atoms with Crippen LogP contribution in [0.3, 0.4) is 0 Å². The molecule has 0 spiro atoms. The molecule has 5 heteroatoms. The van der Waals surface area contributed by atoms with Crippen molar-refractivity contribution >= 4 is 11.9 Å². The second-order valence-corrected chi connectivity index (χ2v) is 4.21. The highest BCUT2D eigenvalue weighted by Crippen LogP contribution is 2.19. The van der Waals surface area contributed by atoms with E-state index in [0.717, 1.165) is 25.8 Å². The fourth-order valence-corrected chi connectivity index (χ4v) is 2.14. The average molecular weight is 228 g/mol. The lowest BCUT2D eigenvalue weighted by molar-refractivity contribution is -0.137. The molecule has 1 rings (SSSR count). The summed E-state index contributed by atoms with van der Waals surface area (Å²) < 4.78 is 0. The molecule has 0 aromatic rings. The number of aliphatic carboxylic acids is 1. The number of carboxylic acid groups (broad SMARTS) is 1. The van der Waals surface area contributed by atoms with Gasteiger partial charge in [0.1, 0.15) is 0 Å². The van der Waals surface area contributed by atoms with Crippen LogP contribution in [0.25, 0.3) is 0 Å². The third kappa shape index (κ3) is 4.18. The van der Waals surface area contributed by atoms with Gasteiger partial charge in [-0.1, -0.05) is 6.42 Å². The highest BCUT2D eigenvalue weighted by molar-refractivity contribution is 5.76. The van der Waals surface area contributed by atoms with E-state index < -0.39 is 5.97 Å². The Morgan fingerprint density at radius 3 is 2.81 bits per heavy atom. The lowest BCUT2D eigenvalue weighted by Crippen LogP contribution is -2.43. The largest absolute Gasteiger partial charge is 0.481 e. The van der Waals surface area contributed by atoms with Crippen LogP contribution in [0, 0.1) is 0 Å². The number of amides is 1. The molecule has 2 N–H and O–H groups in total. The van der Waals surface area contributed by atoms with Crippen molar-refractivity contribution in [2.45, 2.75) is 38.1 Å². The van der Waals surface area contributed by atoms with Gasteiger partial charge in [-0.3, -0.25) is 14.5 Å². The standard InChI is InChI=1S/C11H20N2O3/c1-12-10(14)8-9-4-2-3-6-13(9)7-5-11(15)16/h9H,2-8H2,1H3,(H,12,14)(H,15,16)/t9-/m0/s1. The second kappa shape index (κ2) is 6.48. The van der Waals surface area contributed by atoms with Gasteiger partial charge in [-0.15, -0.1) is 0 Å². The molecule has 1 atom stereocenters. The lowest BCUT2D eigenvalue weighted by atomic mass is 9.99. The smallest absolute Gasteiger partial charge is 0.304 e. The maximum absolute atomic E-state index is 11.3. The van der Waals surface area contributed by atoms with Crippen LogP contribution in [0.15, 0.2) is 0 Å². The number of carbonyl (C=O) groups is 2. The van der Waals surface area contributed by atoms with Crippen LogP contribution in [0.1, 0.15) is 32.1 Å². The Bertz CT molecular complexity index is 256. The number of likely N-dealkylation sites (tertiary alicyclic amines) is 1. The van der Waals surface area contributed by atoms with Crippen molar-refractivity contribution in [3.05, 3.63) is 0 Å². The summed E-state index contributed by atoms with van der Waals surface area (Å²) in [7, 11) is 1.63. The van der Waals surface area contributed by atoms with Gasteiger partial charge in [0, 0.05) is 26.1 Å². The predicted octanol–water partition coefficient (Wildman–Crippen LogP) is 0.452. The lowest BCUT2D eigenvalue weighted by Gasteiger charge is -2.34. The van der Waals surface area contributed by atoms with Crippen molar-refractivity contribution < 1.29 is 14.7 Å². The summed E-state index contributed by atoms with van der Waals surface area (Å²) >= 11 is 0.